The summed E-state index contributed by atoms with van der Waals surface area (Å²) in [7, 11) is 1.31. The molecule has 0 aliphatic carbocycles. The predicted molar refractivity (Wildman–Crippen MR) is 62.9 cm³/mol. The van der Waals surface area contributed by atoms with Gasteiger partial charge in [0.1, 0.15) is 5.82 Å². The lowest BCUT2D eigenvalue weighted by Crippen LogP contribution is -2.23. The molecule has 1 rings (SSSR count). The Kier molecular flexibility index (Phi) is 5.35. The molecule has 1 heterocycles. The van der Waals surface area contributed by atoms with E-state index >= 15 is 0 Å². The Morgan fingerprint density at radius 3 is 2.94 bits per heavy atom. The van der Waals surface area contributed by atoms with Crippen LogP contribution in [0.25, 0.3) is 0 Å². The van der Waals surface area contributed by atoms with E-state index in [0.717, 1.165) is 0 Å². The molecule has 0 amide bonds. The highest BCUT2D eigenvalue weighted by molar-refractivity contribution is 5.87. The highest BCUT2D eigenvalue weighted by Crippen LogP contribution is 2.05. The number of nitrogens with one attached hydrogen (secondary N) is 1. The van der Waals surface area contributed by atoms with Crippen LogP contribution in [0.4, 0.5) is 5.82 Å². The number of carbonyl (C=O) groups is 1. The van der Waals surface area contributed by atoms with Gasteiger partial charge in [0.25, 0.3) is 0 Å². The Morgan fingerprint density at radius 2 is 2.29 bits per heavy atom. The van der Waals surface area contributed by atoms with E-state index in [-0.39, 0.29) is 11.7 Å². The second kappa shape index (κ2) is 6.80. The van der Waals surface area contributed by atoms with Gasteiger partial charge in [-0.05, 0) is 13.8 Å². The molecule has 0 aliphatic rings. The fourth-order valence-corrected chi connectivity index (χ4v) is 1.23. The normalized spacial score (nSPS) is 11.9. The van der Waals surface area contributed by atoms with E-state index in [0.29, 0.717) is 19.0 Å². The SMILES string of the molecule is CCOCC(C)Nc1cncc(C(=O)OC)n1. The molecule has 1 N–H and O–H groups in total. The molecule has 1 aromatic heterocycles. The first-order chi connectivity index (χ1) is 8.17. The fourth-order valence-electron chi connectivity index (χ4n) is 1.23. The lowest BCUT2D eigenvalue weighted by Gasteiger charge is -2.14. The minimum atomic E-state index is -0.501. The van der Waals surface area contributed by atoms with Crippen molar-refractivity contribution in [3.63, 3.8) is 0 Å². The van der Waals surface area contributed by atoms with E-state index in [9.17, 15) is 4.79 Å². The summed E-state index contributed by atoms with van der Waals surface area (Å²) in [6, 6.07) is 0.0946. The van der Waals surface area contributed by atoms with Gasteiger partial charge in [0, 0.05) is 12.6 Å². The summed E-state index contributed by atoms with van der Waals surface area (Å²) < 4.78 is 9.83. The Labute approximate surface area is 100 Å². The molecule has 0 bridgehead atoms. The third kappa shape index (κ3) is 4.36. The summed E-state index contributed by atoms with van der Waals surface area (Å²) in [5.74, 6) is 0.0266. The number of hydrogen-bond donors (Lipinski definition) is 1. The lowest BCUT2D eigenvalue weighted by molar-refractivity contribution is 0.0593. The van der Waals surface area contributed by atoms with Crippen molar-refractivity contribution in [2.75, 3.05) is 25.6 Å². The Morgan fingerprint density at radius 1 is 1.53 bits per heavy atom. The molecule has 6 nitrogen and oxygen atoms in total. The van der Waals surface area contributed by atoms with Crippen LogP contribution < -0.4 is 5.32 Å². The number of esters is 1. The van der Waals surface area contributed by atoms with Crippen molar-refractivity contribution in [2.24, 2.45) is 0 Å². The zero-order chi connectivity index (χ0) is 12.7. The summed E-state index contributed by atoms with van der Waals surface area (Å²) in [6.07, 6.45) is 2.92. The van der Waals surface area contributed by atoms with Gasteiger partial charge in [0.05, 0.1) is 26.1 Å². The number of anilines is 1. The molecule has 0 aromatic carbocycles. The minimum Gasteiger partial charge on any atom is -0.464 e. The zero-order valence-corrected chi connectivity index (χ0v) is 10.3. The molecule has 0 saturated heterocycles. The maximum Gasteiger partial charge on any atom is 0.358 e. The third-order valence-corrected chi connectivity index (χ3v) is 2.00. The maximum atomic E-state index is 11.2. The van der Waals surface area contributed by atoms with E-state index in [4.69, 9.17) is 4.74 Å². The van der Waals surface area contributed by atoms with E-state index in [1.165, 1.54) is 13.3 Å². The third-order valence-electron chi connectivity index (χ3n) is 2.00. The second-order valence-corrected chi connectivity index (χ2v) is 3.49. The van der Waals surface area contributed by atoms with E-state index < -0.39 is 5.97 Å². The largest absolute Gasteiger partial charge is 0.464 e. The number of methoxy groups -OCH3 is 1. The number of aromatic nitrogens is 2. The topological polar surface area (TPSA) is 73.3 Å². The van der Waals surface area contributed by atoms with Gasteiger partial charge >= 0.3 is 5.97 Å². The molecular weight excluding hydrogens is 222 g/mol. The number of hydrogen-bond acceptors (Lipinski definition) is 6. The van der Waals surface area contributed by atoms with Crippen LogP contribution >= 0.6 is 0 Å². The summed E-state index contributed by atoms with van der Waals surface area (Å²) in [5.41, 5.74) is 0.182. The second-order valence-electron chi connectivity index (χ2n) is 3.49. The molecule has 0 radical (unpaired) electrons. The van der Waals surface area contributed by atoms with E-state index in [1.54, 1.807) is 6.20 Å². The smallest absolute Gasteiger partial charge is 0.358 e. The van der Waals surface area contributed by atoms with Gasteiger partial charge in [-0.15, -0.1) is 0 Å². The summed E-state index contributed by atoms with van der Waals surface area (Å²) in [6.45, 7) is 5.13. The van der Waals surface area contributed by atoms with Crippen molar-refractivity contribution in [3.05, 3.63) is 18.1 Å². The monoisotopic (exact) mass is 239 g/mol. The number of rotatable bonds is 6. The number of nitrogens with zero attached hydrogens (tertiary/aromatic N) is 2. The molecule has 0 spiro atoms. The molecule has 0 saturated carbocycles. The quantitative estimate of drug-likeness (QED) is 0.749. The zero-order valence-electron chi connectivity index (χ0n) is 10.3. The number of ether oxygens (including phenoxy) is 2. The molecule has 0 fully saturated rings. The van der Waals surface area contributed by atoms with Crippen LogP contribution in [-0.2, 0) is 9.47 Å². The average Bonchev–Trinajstić information content (AvgIpc) is 2.35. The predicted octanol–water partition coefficient (Wildman–Crippen LogP) is 1.10. The van der Waals surface area contributed by atoms with Crippen LogP contribution in [0.2, 0.25) is 0 Å². The number of carbonyl (C=O) groups excluding carboxylic acids is 1. The van der Waals surface area contributed by atoms with Crippen LogP contribution in [0.3, 0.4) is 0 Å². The fraction of sp³-hybridized carbons (Fsp3) is 0.545. The molecule has 0 aliphatic heterocycles. The molecule has 17 heavy (non-hydrogen) atoms. The van der Waals surface area contributed by atoms with Crippen molar-refractivity contribution < 1.29 is 14.3 Å². The highest BCUT2D eigenvalue weighted by Gasteiger charge is 2.09. The Balaban J connectivity index is 2.62. The van der Waals surface area contributed by atoms with Crippen molar-refractivity contribution in [2.45, 2.75) is 19.9 Å². The summed E-state index contributed by atoms with van der Waals surface area (Å²) in [4.78, 5) is 19.3. The van der Waals surface area contributed by atoms with Crippen LogP contribution in [-0.4, -0.2) is 42.3 Å². The van der Waals surface area contributed by atoms with Crippen LogP contribution in [0, 0.1) is 0 Å². The van der Waals surface area contributed by atoms with Crippen molar-refractivity contribution >= 4 is 11.8 Å². The molecule has 1 unspecified atom stereocenters. The van der Waals surface area contributed by atoms with Gasteiger partial charge in [-0.3, -0.25) is 4.98 Å². The van der Waals surface area contributed by atoms with Gasteiger partial charge in [-0.25, -0.2) is 9.78 Å². The first-order valence-corrected chi connectivity index (χ1v) is 5.42. The van der Waals surface area contributed by atoms with Gasteiger partial charge in [-0.1, -0.05) is 0 Å². The van der Waals surface area contributed by atoms with Crippen LogP contribution in [0.1, 0.15) is 24.3 Å². The Bertz CT molecular complexity index is 371. The molecular formula is C11H17N3O3. The molecule has 94 valence electrons. The van der Waals surface area contributed by atoms with E-state index in [2.05, 4.69) is 20.0 Å². The molecule has 6 heteroatoms. The van der Waals surface area contributed by atoms with Gasteiger partial charge < -0.3 is 14.8 Å². The van der Waals surface area contributed by atoms with Crippen LogP contribution in [0.15, 0.2) is 12.4 Å². The minimum absolute atomic E-state index is 0.0946. The van der Waals surface area contributed by atoms with Gasteiger partial charge in [-0.2, -0.15) is 0 Å². The average molecular weight is 239 g/mol. The standard InChI is InChI=1S/C11H17N3O3/c1-4-17-7-8(2)13-10-6-12-5-9(14-10)11(15)16-3/h5-6,8H,4,7H2,1-3H3,(H,13,14). The lowest BCUT2D eigenvalue weighted by atomic mass is 10.3. The first-order valence-electron chi connectivity index (χ1n) is 5.42. The summed E-state index contributed by atoms with van der Waals surface area (Å²) >= 11 is 0. The highest BCUT2D eigenvalue weighted by atomic mass is 16.5. The van der Waals surface area contributed by atoms with Gasteiger partial charge in [0.2, 0.25) is 0 Å². The van der Waals surface area contributed by atoms with Gasteiger partial charge in [0.15, 0.2) is 5.69 Å². The van der Waals surface area contributed by atoms with Crippen molar-refractivity contribution in [1.29, 1.82) is 0 Å². The first kappa shape index (κ1) is 13.4. The van der Waals surface area contributed by atoms with Crippen LogP contribution in [0.5, 0.6) is 0 Å². The van der Waals surface area contributed by atoms with Crippen molar-refractivity contribution in [3.8, 4) is 0 Å². The van der Waals surface area contributed by atoms with Crippen molar-refractivity contribution in [1.82, 2.24) is 9.97 Å². The van der Waals surface area contributed by atoms with E-state index in [1.807, 2.05) is 13.8 Å². The summed E-state index contributed by atoms with van der Waals surface area (Å²) in [5, 5.41) is 3.09. The Hall–Kier alpha value is -1.69. The molecule has 1 aromatic rings. The molecule has 1 atom stereocenters. The maximum absolute atomic E-state index is 11.2.